The van der Waals surface area contributed by atoms with Crippen LogP contribution in [0.15, 0.2) is 48.7 Å². The van der Waals surface area contributed by atoms with Crippen molar-refractivity contribution in [1.82, 2.24) is 9.88 Å². The van der Waals surface area contributed by atoms with Crippen molar-refractivity contribution >= 4 is 11.9 Å². The fourth-order valence-electron chi connectivity index (χ4n) is 2.72. The van der Waals surface area contributed by atoms with Crippen molar-refractivity contribution in [1.29, 1.82) is 0 Å². The molecule has 0 spiro atoms. The summed E-state index contributed by atoms with van der Waals surface area (Å²) in [4.78, 5) is 30.4. The lowest BCUT2D eigenvalue weighted by Crippen LogP contribution is -2.32. The van der Waals surface area contributed by atoms with Gasteiger partial charge in [0.25, 0.3) is 5.91 Å². The Hall–Kier alpha value is -2.89. The van der Waals surface area contributed by atoms with Crippen molar-refractivity contribution in [2.75, 3.05) is 20.2 Å². The van der Waals surface area contributed by atoms with Crippen LogP contribution in [0.5, 0.6) is 5.88 Å². The molecule has 1 fully saturated rings. The number of amides is 1. The normalized spacial score (nSPS) is 16.7. The highest BCUT2D eigenvalue weighted by Crippen LogP contribution is 2.20. The summed E-state index contributed by atoms with van der Waals surface area (Å²) < 4.78 is 10.5. The van der Waals surface area contributed by atoms with Crippen LogP contribution in [0.3, 0.4) is 0 Å². The van der Waals surface area contributed by atoms with Gasteiger partial charge >= 0.3 is 5.97 Å². The van der Waals surface area contributed by atoms with Crippen LogP contribution < -0.4 is 4.74 Å². The predicted molar refractivity (Wildman–Crippen MR) is 87.0 cm³/mol. The van der Waals surface area contributed by atoms with Gasteiger partial charge in [-0.3, -0.25) is 4.79 Å². The van der Waals surface area contributed by atoms with Crippen LogP contribution in [0.1, 0.15) is 27.1 Å². The van der Waals surface area contributed by atoms with E-state index >= 15 is 0 Å². The Morgan fingerprint density at radius 3 is 2.58 bits per heavy atom. The lowest BCUT2D eigenvalue weighted by Gasteiger charge is -2.18. The van der Waals surface area contributed by atoms with Gasteiger partial charge in [0.05, 0.1) is 24.8 Å². The van der Waals surface area contributed by atoms with Crippen LogP contribution in [-0.4, -0.2) is 48.1 Å². The van der Waals surface area contributed by atoms with Crippen molar-refractivity contribution < 1.29 is 19.1 Å². The summed E-state index contributed by atoms with van der Waals surface area (Å²) in [5.41, 5.74) is 0.627. The first-order chi connectivity index (χ1) is 11.7. The maximum absolute atomic E-state index is 12.7. The Morgan fingerprint density at radius 2 is 1.88 bits per heavy atom. The maximum atomic E-state index is 12.7. The van der Waals surface area contributed by atoms with Crippen LogP contribution >= 0.6 is 0 Å². The predicted octanol–water partition coefficient (Wildman–Crippen LogP) is 2.16. The lowest BCUT2D eigenvalue weighted by atomic mass is 10.1. The van der Waals surface area contributed by atoms with Gasteiger partial charge in [-0.05, 0) is 18.2 Å². The number of carbonyl (C=O) groups excluding carboxylic acids is 2. The first-order valence-electron chi connectivity index (χ1n) is 7.73. The molecule has 3 rings (SSSR count). The molecule has 1 aliphatic heterocycles. The molecule has 2 aromatic rings. The summed E-state index contributed by atoms with van der Waals surface area (Å²) in [7, 11) is 1.30. The highest BCUT2D eigenvalue weighted by atomic mass is 16.5. The molecule has 1 aromatic carbocycles. The van der Waals surface area contributed by atoms with E-state index in [4.69, 9.17) is 9.47 Å². The summed E-state index contributed by atoms with van der Waals surface area (Å²) >= 11 is 0. The molecule has 24 heavy (non-hydrogen) atoms. The molecule has 1 unspecified atom stereocenters. The summed E-state index contributed by atoms with van der Waals surface area (Å²) in [6.45, 7) is 1.04. The van der Waals surface area contributed by atoms with Gasteiger partial charge in [-0.25, -0.2) is 9.78 Å². The molecule has 0 aliphatic carbocycles. The largest absolute Gasteiger partial charge is 0.472 e. The molecule has 0 radical (unpaired) electrons. The topological polar surface area (TPSA) is 68.7 Å². The minimum Gasteiger partial charge on any atom is -0.472 e. The standard InChI is InChI=1S/C18H18N2O4/c1-23-18(22)15-7-3-2-6-14(15)17(21)20-11-9-13(12-20)24-16-8-4-5-10-19-16/h2-8,10,13H,9,11-12H2,1H3. The highest BCUT2D eigenvalue weighted by Gasteiger charge is 2.30. The van der Waals surface area contributed by atoms with Crippen LogP contribution in [0.2, 0.25) is 0 Å². The number of rotatable bonds is 4. The summed E-state index contributed by atoms with van der Waals surface area (Å²) in [5.74, 6) is -0.158. The Balaban J connectivity index is 1.70. The third-order valence-electron chi connectivity index (χ3n) is 3.92. The zero-order valence-corrected chi connectivity index (χ0v) is 13.3. The van der Waals surface area contributed by atoms with Crippen molar-refractivity contribution in [3.63, 3.8) is 0 Å². The quantitative estimate of drug-likeness (QED) is 0.805. The molecule has 1 aromatic heterocycles. The smallest absolute Gasteiger partial charge is 0.338 e. The molecule has 2 heterocycles. The summed E-state index contributed by atoms with van der Waals surface area (Å²) in [5, 5.41) is 0. The molecule has 1 amide bonds. The number of hydrogen-bond acceptors (Lipinski definition) is 5. The third kappa shape index (κ3) is 3.37. The Morgan fingerprint density at radius 1 is 1.12 bits per heavy atom. The van der Waals surface area contributed by atoms with Gasteiger partial charge in [0.2, 0.25) is 5.88 Å². The first kappa shape index (κ1) is 16.0. The first-order valence-corrected chi connectivity index (χ1v) is 7.73. The van der Waals surface area contributed by atoms with E-state index in [0.717, 1.165) is 6.42 Å². The molecule has 0 bridgehead atoms. The second kappa shape index (κ2) is 7.12. The van der Waals surface area contributed by atoms with E-state index in [9.17, 15) is 9.59 Å². The van der Waals surface area contributed by atoms with Crippen molar-refractivity contribution in [2.24, 2.45) is 0 Å². The average Bonchev–Trinajstić information content (AvgIpc) is 3.09. The van der Waals surface area contributed by atoms with E-state index in [1.165, 1.54) is 7.11 Å². The molecular formula is C18H18N2O4. The minimum absolute atomic E-state index is 0.103. The van der Waals surface area contributed by atoms with E-state index in [1.807, 2.05) is 12.1 Å². The number of ether oxygens (including phenoxy) is 2. The van der Waals surface area contributed by atoms with Gasteiger partial charge in [0.15, 0.2) is 0 Å². The van der Waals surface area contributed by atoms with Gasteiger partial charge in [-0.15, -0.1) is 0 Å². The number of likely N-dealkylation sites (tertiary alicyclic amines) is 1. The number of methoxy groups -OCH3 is 1. The Labute approximate surface area is 140 Å². The third-order valence-corrected chi connectivity index (χ3v) is 3.92. The number of aromatic nitrogens is 1. The number of carbonyl (C=O) groups is 2. The molecule has 1 aliphatic rings. The van der Waals surface area contributed by atoms with Gasteiger partial charge in [0, 0.05) is 25.2 Å². The zero-order valence-electron chi connectivity index (χ0n) is 13.3. The van der Waals surface area contributed by atoms with E-state index in [2.05, 4.69) is 4.98 Å². The summed E-state index contributed by atoms with van der Waals surface area (Å²) in [6.07, 6.45) is 2.29. The van der Waals surface area contributed by atoms with Crippen molar-refractivity contribution in [3.8, 4) is 5.88 Å². The molecule has 124 valence electrons. The number of hydrogen-bond donors (Lipinski definition) is 0. The number of pyridine rings is 1. The van der Waals surface area contributed by atoms with Crippen molar-refractivity contribution in [2.45, 2.75) is 12.5 Å². The van der Waals surface area contributed by atoms with E-state index < -0.39 is 5.97 Å². The molecule has 0 N–H and O–H groups in total. The van der Waals surface area contributed by atoms with Crippen molar-refractivity contribution in [3.05, 3.63) is 59.8 Å². The lowest BCUT2D eigenvalue weighted by molar-refractivity contribution is 0.0591. The minimum atomic E-state index is -0.514. The van der Waals surface area contributed by atoms with E-state index in [-0.39, 0.29) is 17.6 Å². The summed E-state index contributed by atoms with van der Waals surface area (Å²) in [6, 6.07) is 12.1. The molecule has 1 saturated heterocycles. The van der Waals surface area contributed by atoms with Crippen LogP contribution in [0.4, 0.5) is 0 Å². The second-order valence-electron chi connectivity index (χ2n) is 5.48. The van der Waals surface area contributed by atoms with Crippen LogP contribution in [0.25, 0.3) is 0 Å². The SMILES string of the molecule is COC(=O)c1ccccc1C(=O)N1CCC(Oc2ccccn2)C1. The van der Waals surface area contributed by atoms with Gasteiger partial charge in [-0.1, -0.05) is 18.2 Å². The monoisotopic (exact) mass is 326 g/mol. The molecule has 1 atom stereocenters. The number of benzene rings is 1. The van der Waals surface area contributed by atoms with Gasteiger partial charge < -0.3 is 14.4 Å². The zero-order chi connectivity index (χ0) is 16.9. The molecular weight excluding hydrogens is 308 g/mol. The molecule has 0 saturated carbocycles. The average molecular weight is 326 g/mol. The highest BCUT2D eigenvalue weighted by molar-refractivity contribution is 6.05. The van der Waals surface area contributed by atoms with Crippen LogP contribution in [0, 0.1) is 0 Å². The fraction of sp³-hybridized carbons (Fsp3) is 0.278. The Kier molecular flexibility index (Phi) is 4.74. The van der Waals surface area contributed by atoms with Gasteiger partial charge in [0.1, 0.15) is 6.10 Å². The molecule has 6 nitrogen and oxygen atoms in total. The number of esters is 1. The molecule has 6 heteroatoms. The van der Waals surface area contributed by atoms with E-state index in [1.54, 1.807) is 41.4 Å². The maximum Gasteiger partial charge on any atom is 0.338 e. The van der Waals surface area contributed by atoms with E-state index in [0.29, 0.717) is 24.5 Å². The Bertz CT molecular complexity index is 733. The number of nitrogens with zero attached hydrogens (tertiary/aromatic N) is 2. The fourth-order valence-corrected chi connectivity index (χ4v) is 2.72. The van der Waals surface area contributed by atoms with Gasteiger partial charge in [-0.2, -0.15) is 0 Å². The van der Waals surface area contributed by atoms with Crippen LogP contribution in [-0.2, 0) is 4.74 Å². The second-order valence-corrected chi connectivity index (χ2v) is 5.48.